The summed E-state index contributed by atoms with van der Waals surface area (Å²) in [5.74, 6) is 1.48. The number of carbonyl (C=O) groups excluding carboxylic acids is 1. The van der Waals surface area contributed by atoms with Crippen LogP contribution in [-0.4, -0.2) is 25.1 Å². The molecule has 0 aliphatic carbocycles. The highest BCUT2D eigenvalue weighted by Crippen LogP contribution is 2.36. The van der Waals surface area contributed by atoms with Crippen molar-refractivity contribution in [3.8, 4) is 11.5 Å². The van der Waals surface area contributed by atoms with Gasteiger partial charge in [-0.15, -0.1) is 23.1 Å². The Bertz CT molecular complexity index is 915. The molecule has 1 heterocycles. The molecule has 0 radical (unpaired) electrons. The molecule has 0 unspecified atom stereocenters. The van der Waals surface area contributed by atoms with E-state index in [0.717, 1.165) is 16.3 Å². The van der Waals surface area contributed by atoms with E-state index in [1.54, 1.807) is 47.4 Å². The summed E-state index contributed by atoms with van der Waals surface area (Å²) in [5, 5.41) is 5.28. The molecular weight excluding hydrogens is 404 g/mol. The fourth-order valence-corrected chi connectivity index (χ4v) is 4.02. The standard InChI is InChI=1S/C19H17ClN2O3S2/c1-24-17-8-16(18(25-2)7-15(17)20)22-19(23)12-3-5-14(6-4-12)27-10-13-9-26-11-21-13/h3-9,11H,10H2,1-2H3,(H,22,23). The minimum atomic E-state index is -0.242. The van der Waals surface area contributed by atoms with E-state index in [4.69, 9.17) is 21.1 Å². The second kappa shape index (κ2) is 9.12. The topological polar surface area (TPSA) is 60.5 Å². The largest absolute Gasteiger partial charge is 0.495 e. The fraction of sp³-hybridized carbons (Fsp3) is 0.158. The van der Waals surface area contributed by atoms with E-state index in [2.05, 4.69) is 10.3 Å². The molecule has 140 valence electrons. The lowest BCUT2D eigenvalue weighted by atomic mass is 10.2. The van der Waals surface area contributed by atoms with Crippen molar-refractivity contribution in [1.82, 2.24) is 4.98 Å². The lowest BCUT2D eigenvalue weighted by molar-refractivity contribution is 0.102. The van der Waals surface area contributed by atoms with Gasteiger partial charge < -0.3 is 14.8 Å². The van der Waals surface area contributed by atoms with E-state index < -0.39 is 0 Å². The number of nitrogens with zero attached hydrogens (tertiary/aromatic N) is 1. The molecule has 0 aliphatic heterocycles. The van der Waals surface area contributed by atoms with Crippen molar-refractivity contribution in [3.63, 3.8) is 0 Å². The Labute approximate surface area is 170 Å². The first-order valence-electron chi connectivity index (χ1n) is 7.93. The quantitative estimate of drug-likeness (QED) is 0.521. The highest BCUT2D eigenvalue weighted by Gasteiger charge is 2.14. The van der Waals surface area contributed by atoms with Gasteiger partial charge in [-0.25, -0.2) is 4.98 Å². The second-order valence-corrected chi connectivity index (χ2v) is 7.61. The van der Waals surface area contributed by atoms with Crippen LogP contribution in [0.5, 0.6) is 11.5 Å². The van der Waals surface area contributed by atoms with Crippen LogP contribution in [0.1, 0.15) is 16.1 Å². The summed E-state index contributed by atoms with van der Waals surface area (Å²) >= 11 is 9.35. The molecule has 2 aromatic carbocycles. The summed E-state index contributed by atoms with van der Waals surface area (Å²) in [6, 6.07) is 10.7. The molecule has 0 bridgehead atoms. The predicted molar refractivity (Wildman–Crippen MR) is 111 cm³/mol. The Morgan fingerprint density at radius 3 is 2.56 bits per heavy atom. The zero-order chi connectivity index (χ0) is 19.2. The second-order valence-electron chi connectivity index (χ2n) is 5.43. The van der Waals surface area contributed by atoms with E-state index in [1.807, 2.05) is 23.0 Å². The van der Waals surface area contributed by atoms with Gasteiger partial charge in [-0.2, -0.15) is 0 Å². The monoisotopic (exact) mass is 420 g/mol. The zero-order valence-corrected chi connectivity index (χ0v) is 17.1. The number of thioether (sulfide) groups is 1. The molecule has 8 heteroatoms. The van der Waals surface area contributed by atoms with Gasteiger partial charge in [-0.05, 0) is 24.3 Å². The number of halogens is 1. The van der Waals surface area contributed by atoms with Crippen LogP contribution < -0.4 is 14.8 Å². The first kappa shape index (κ1) is 19.5. The average molecular weight is 421 g/mol. The molecule has 3 aromatic rings. The third-order valence-electron chi connectivity index (χ3n) is 3.71. The van der Waals surface area contributed by atoms with Crippen LogP contribution >= 0.6 is 34.7 Å². The maximum absolute atomic E-state index is 12.6. The number of rotatable bonds is 7. The Kier molecular flexibility index (Phi) is 6.60. The molecule has 27 heavy (non-hydrogen) atoms. The van der Waals surface area contributed by atoms with E-state index in [-0.39, 0.29) is 5.91 Å². The van der Waals surface area contributed by atoms with Gasteiger partial charge in [-0.1, -0.05) is 11.6 Å². The number of carbonyl (C=O) groups is 1. The first-order chi connectivity index (χ1) is 13.1. The molecule has 0 aliphatic rings. The minimum absolute atomic E-state index is 0.242. The maximum atomic E-state index is 12.6. The summed E-state index contributed by atoms with van der Waals surface area (Å²) in [5.41, 5.74) is 3.91. The molecule has 1 amide bonds. The van der Waals surface area contributed by atoms with Crippen LogP contribution in [-0.2, 0) is 5.75 Å². The van der Waals surface area contributed by atoms with Gasteiger partial charge in [-0.3, -0.25) is 4.79 Å². The minimum Gasteiger partial charge on any atom is -0.495 e. The van der Waals surface area contributed by atoms with Gasteiger partial charge in [0.1, 0.15) is 11.5 Å². The van der Waals surface area contributed by atoms with Gasteiger partial charge in [0, 0.05) is 33.7 Å². The Morgan fingerprint density at radius 1 is 1.19 bits per heavy atom. The van der Waals surface area contributed by atoms with E-state index in [9.17, 15) is 4.79 Å². The van der Waals surface area contributed by atoms with Crippen LogP contribution in [0.15, 0.2) is 52.2 Å². The molecule has 3 rings (SSSR count). The number of amides is 1. The summed E-state index contributed by atoms with van der Waals surface area (Å²) in [4.78, 5) is 17.9. The molecule has 1 N–H and O–H groups in total. The van der Waals surface area contributed by atoms with Gasteiger partial charge in [0.2, 0.25) is 0 Å². The van der Waals surface area contributed by atoms with Gasteiger partial charge in [0.15, 0.2) is 0 Å². The smallest absolute Gasteiger partial charge is 0.255 e. The predicted octanol–water partition coefficient (Wildman–Crippen LogP) is 5.36. The molecule has 0 saturated heterocycles. The summed E-state index contributed by atoms with van der Waals surface area (Å²) in [6.45, 7) is 0. The van der Waals surface area contributed by atoms with Crippen molar-refractivity contribution >= 4 is 46.3 Å². The number of thiazole rings is 1. The van der Waals surface area contributed by atoms with E-state index >= 15 is 0 Å². The molecule has 1 aromatic heterocycles. The molecule has 0 saturated carbocycles. The van der Waals surface area contributed by atoms with Crippen LogP contribution in [0.3, 0.4) is 0 Å². The van der Waals surface area contributed by atoms with Crippen molar-refractivity contribution in [3.05, 3.63) is 63.6 Å². The number of methoxy groups -OCH3 is 2. The van der Waals surface area contributed by atoms with Crippen LogP contribution in [0, 0.1) is 0 Å². The third kappa shape index (κ3) is 4.94. The third-order valence-corrected chi connectivity index (χ3v) is 5.69. The maximum Gasteiger partial charge on any atom is 0.255 e. The first-order valence-corrected chi connectivity index (χ1v) is 10.2. The number of hydrogen-bond acceptors (Lipinski definition) is 6. The SMILES string of the molecule is COc1cc(NC(=O)c2ccc(SCc3cscn3)cc2)c(OC)cc1Cl. The Morgan fingerprint density at radius 2 is 1.93 bits per heavy atom. The Hall–Kier alpha value is -2.22. The number of ether oxygens (including phenoxy) is 2. The van der Waals surface area contributed by atoms with E-state index in [0.29, 0.717) is 27.8 Å². The van der Waals surface area contributed by atoms with Crippen LogP contribution in [0.2, 0.25) is 5.02 Å². The van der Waals surface area contributed by atoms with Gasteiger partial charge >= 0.3 is 0 Å². The summed E-state index contributed by atoms with van der Waals surface area (Å²) in [6.07, 6.45) is 0. The van der Waals surface area contributed by atoms with Crippen molar-refractivity contribution in [1.29, 1.82) is 0 Å². The number of aromatic nitrogens is 1. The van der Waals surface area contributed by atoms with Crippen LogP contribution in [0.4, 0.5) is 5.69 Å². The number of anilines is 1. The zero-order valence-electron chi connectivity index (χ0n) is 14.7. The summed E-state index contributed by atoms with van der Waals surface area (Å²) < 4.78 is 10.5. The van der Waals surface area contributed by atoms with Crippen molar-refractivity contribution in [2.45, 2.75) is 10.6 Å². The lowest BCUT2D eigenvalue weighted by Gasteiger charge is -2.13. The van der Waals surface area contributed by atoms with Crippen molar-refractivity contribution in [2.24, 2.45) is 0 Å². The molecule has 5 nitrogen and oxygen atoms in total. The van der Waals surface area contributed by atoms with Gasteiger partial charge in [0.25, 0.3) is 5.91 Å². The normalized spacial score (nSPS) is 10.5. The average Bonchev–Trinajstić information content (AvgIpc) is 3.21. The molecule has 0 atom stereocenters. The number of hydrogen-bond donors (Lipinski definition) is 1. The highest BCUT2D eigenvalue weighted by atomic mass is 35.5. The lowest BCUT2D eigenvalue weighted by Crippen LogP contribution is -2.12. The van der Waals surface area contributed by atoms with Crippen molar-refractivity contribution < 1.29 is 14.3 Å². The summed E-state index contributed by atoms with van der Waals surface area (Å²) in [7, 11) is 3.03. The molecular formula is C19H17ClN2O3S2. The van der Waals surface area contributed by atoms with Crippen LogP contribution in [0.25, 0.3) is 0 Å². The van der Waals surface area contributed by atoms with Gasteiger partial charge in [0.05, 0.1) is 36.1 Å². The number of benzene rings is 2. The molecule has 0 spiro atoms. The Balaban J connectivity index is 1.69. The van der Waals surface area contributed by atoms with Crippen molar-refractivity contribution in [2.75, 3.05) is 19.5 Å². The number of nitrogens with one attached hydrogen (secondary N) is 1. The molecule has 0 fully saturated rings. The fourth-order valence-electron chi connectivity index (χ4n) is 2.32. The highest BCUT2D eigenvalue weighted by molar-refractivity contribution is 7.98. The van der Waals surface area contributed by atoms with E-state index in [1.165, 1.54) is 14.2 Å².